The van der Waals surface area contributed by atoms with Crippen LogP contribution in [-0.4, -0.2) is 17.0 Å². The molecule has 0 aliphatic heterocycles. The van der Waals surface area contributed by atoms with E-state index in [1.807, 2.05) is 0 Å². The molecule has 0 spiro atoms. The van der Waals surface area contributed by atoms with E-state index < -0.39 is 46.9 Å². The summed E-state index contributed by atoms with van der Waals surface area (Å²) in [4.78, 5) is 23.6. The van der Waals surface area contributed by atoms with Crippen LogP contribution in [0, 0.1) is 41.1 Å². The molecule has 0 heterocycles. The number of carboxylic acids is 1. The minimum Gasteiger partial charge on any atom is -0.481 e. The summed E-state index contributed by atoms with van der Waals surface area (Å²) in [5, 5.41) is 11.4. The predicted octanol–water partition coefficient (Wildman–Crippen LogP) is 2.57. The van der Waals surface area contributed by atoms with Crippen molar-refractivity contribution in [1.82, 2.24) is 0 Å². The van der Waals surface area contributed by atoms with E-state index in [0.717, 1.165) is 6.07 Å². The lowest BCUT2D eigenvalue weighted by Gasteiger charge is -2.24. The Balaban J connectivity index is 1.85. The van der Waals surface area contributed by atoms with Gasteiger partial charge in [-0.25, -0.2) is 13.2 Å². The van der Waals surface area contributed by atoms with Crippen LogP contribution in [0.15, 0.2) is 24.3 Å². The van der Waals surface area contributed by atoms with Crippen LogP contribution in [0.4, 0.5) is 18.9 Å². The van der Waals surface area contributed by atoms with Gasteiger partial charge in [-0.2, -0.15) is 0 Å². The van der Waals surface area contributed by atoms with Crippen LogP contribution in [0.3, 0.4) is 0 Å². The van der Waals surface area contributed by atoms with Crippen molar-refractivity contribution in [2.45, 2.75) is 6.42 Å². The maximum Gasteiger partial charge on any atom is 0.307 e. The van der Waals surface area contributed by atoms with Crippen LogP contribution < -0.4 is 5.32 Å². The molecule has 0 saturated heterocycles. The summed E-state index contributed by atoms with van der Waals surface area (Å²) >= 11 is 0. The average molecular weight is 311 g/mol. The second-order valence-corrected chi connectivity index (χ2v) is 5.55. The average Bonchev–Trinajstić information content (AvgIpc) is 3.08. The third-order valence-electron chi connectivity index (χ3n) is 4.34. The molecule has 0 radical (unpaired) electrons. The van der Waals surface area contributed by atoms with Gasteiger partial charge in [-0.1, -0.05) is 12.2 Å². The Bertz CT molecular complexity index is 689. The van der Waals surface area contributed by atoms with Crippen LogP contribution in [0.5, 0.6) is 0 Å². The number of anilines is 1. The van der Waals surface area contributed by atoms with Crippen LogP contribution in [-0.2, 0) is 9.59 Å². The quantitative estimate of drug-likeness (QED) is 0.666. The Morgan fingerprint density at radius 3 is 2.32 bits per heavy atom. The van der Waals surface area contributed by atoms with Gasteiger partial charge >= 0.3 is 5.97 Å². The van der Waals surface area contributed by atoms with E-state index in [2.05, 4.69) is 5.32 Å². The maximum atomic E-state index is 13.6. The Morgan fingerprint density at radius 1 is 1.05 bits per heavy atom. The van der Waals surface area contributed by atoms with E-state index in [1.54, 1.807) is 12.2 Å². The molecule has 1 fully saturated rings. The number of halogens is 3. The van der Waals surface area contributed by atoms with Crippen molar-refractivity contribution in [3.05, 3.63) is 41.7 Å². The molecule has 1 saturated carbocycles. The first-order chi connectivity index (χ1) is 10.4. The van der Waals surface area contributed by atoms with Gasteiger partial charge in [0.05, 0.1) is 17.5 Å². The van der Waals surface area contributed by atoms with E-state index in [1.165, 1.54) is 0 Å². The van der Waals surface area contributed by atoms with Gasteiger partial charge in [0.1, 0.15) is 0 Å². The number of carboxylic acid groups (broad SMARTS) is 1. The van der Waals surface area contributed by atoms with Crippen molar-refractivity contribution in [3.63, 3.8) is 0 Å². The molecule has 2 bridgehead atoms. The zero-order valence-corrected chi connectivity index (χ0v) is 11.2. The fourth-order valence-corrected chi connectivity index (χ4v) is 3.35. The molecule has 2 aliphatic rings. The lowest BCUT2D eigenvalue weighted by atomic mass is 9.82. The Morgan fingerprint density at radius 2 is 1.68 bits per heavy atom. The highest BCUT2D eigenvalue weighted by molar-refractivity contribution is 5.96. The van der Waals surface area contributed by atoms with Crippen LogP contribution in [0.2, 0.25) is 0 Å². The van der Waals surface area contributed by atoms with Crippen LogP contribution >= 0.6 is 0 Å². The fourth-order valence-electron chi connectivity index (χ4n) is 3.35. The molecule has 7 heteroatoms. The van der Waals surface area contributed by atoms with E-state index >= 15 is 0 Å². The zero-order valence-electron chi connectivity index (χ0n) is 11.2. The third kappa shape index (κ3) is 2.17. The van der Waals surface area contributed by atoms with Crippen molar-refractivity contribution in [2.24, 2.45) is 23.7 Å². The summed E-state index contributed by atoms with van der Waals surface area (Å²) in [7, 11) is 0. The summed E-state index contributed by atoms with van der Waals surface area (Å²) in [5.41, 5.74) is -0.500. The van der Waals surface area contributed by atoms with Crippen molar-refractivity contribution in [1.29, 1.82) is 0 Å². The molecule has 4 nitrogen and oxygen atoms in total. The maximum absolute atomic E-state index is 13.6. The number of rotatable bonds is 3. The number of benzene rings is 1. The van der Waals surface area contributed by atoms with E-state index in [9.17, 15) is 27.9 Å². The zero-order chi connectivity index (χ0) is 16.0. The lowest BCUT2D eigenvalue weighted by molar-refractivity contribution is -0.146. The highest BCUT2D eigenvalue weighted by Gasteiger charge is 2.51. The number of aliphatic carboxylic acids is 1. The largest absolute Gasteiger partial charge is 0.481 e. The van der Waals surface area contributed by atoms with Crippen LogP contribution in [0.25, 0.3) is 0 Å². The van der Waals surface area contributed by atoms with Gasteiger partial charge in [-0.05, 0) is 30.4 Å². The minimum atomic E-state index is -1.68. The molecule has 0 aromatic heterocycles. The van der Waals surface area contributed by atoms with Gasteiger partial charge in [0.15, 0.2) is 17.5 Å². The first-order valence-electron chi connectivity index (χ1n) is 6.75. The highest BCUT2D eigenvalue weighted by atomic mass is 19.2. The SMILES string of the molecule is O=C(O)[C@@H]1[C@H](C(=O)Nc2ccc(F)c(F)c2F)[C@H]2C=C[C@H]1C2. The van der Waals surface area contributed by atoms with E-state index in [4.69, 9.17) is 0 Å². The molecule has 2 aliphatic carbocycles. The van der Waals surface area contributed by atoms with Gasteiger partial charge in [0.2, 0.25) is 5.91 Å². The number of hydrogen-bond donors (Lipinski definition) is 2. The number of hydrogen-bond acceptors (Lipinski definition) is 2. The number of amides is 1. The summed E-state index contributed by atoms with van der Waals surface area (Å²) in [6.45, 7) is 0. The van der Waals surface area contributed by atoms with Gasteiger partial charge in [-0.3, -0.25) is 9.59 Å². The Labute approximate surface area is 123 Å². The molecule has 1 aromatic carbocycles. The predicted molar refractivity (Wildman–Crippen MR) is 70.3 cm³/mol. The first kappa shape index (κ1) is 14.6. The molecule has 3 rings (SSSR count). The molecule has 4 atom stereocenters. The van der Waals surface area contributed by atoms with E-state index in [0.29, 0.717) is 12.5 Å². The summed E-state index contributed by atoms with van der Waals surface area (Å²) in [6, 6.07) is 1.61. The smallest absolute Gasteiger partial charge is 0.307 e. The molecule has 2 N–H and O–H groups in total. The summed E-state index contributed by atoms with van der Waals surface area (Å²) in [5.74, 6) is -8.53. The van der Waals surface area contributed by atoms with Gasteiger partial charge in [0.25, 0.3) is 0 Å². The minimum absolute atomic E-state index is 0.229. The Kier molecular flexibility index (Phi) is 3.42. The van der Waals surface area contributed by atoms with Crippen molar-refractivity contribution < 1.29 is 27.9 Å². The van der Waals surface area contributed by atoms with Crippen molar-refractivity contribution in [3.8, 4) is 0 Å². The standard InChI is InChI=1S/C15H12F3NO3/c16-8-3-4-9(13(18)12(8)17)19-14(20)10-6-1-2-7(5-6)11(10)15(21)22/h1-4,6-7,10-11H,5H2,(H,19,20)(H,21,22)/t6-,7-,10+,11-/m0/s1. The summed E-state index contributed by atoms with van der Waals surface area (Å²) < 4.78 is 39.6. The molecule has 116 valence electrons. The second-order valence-electron chi connectivity index (χ2n) is 5.55. The number of fused-ring (bicyclic) bond motifs is 2. The van der Waals surface area contributed by atoms with E-state index in [-0.39, 0.29) is 11.8 Å². The first-order valence-corrected chi connectivity index (χ1v) is 6.75. The van der Waals surface area contributed by atoms with Crippen LogP contribution in [0.1, 0.15) is 6.42 Å². The van der Waals surface area contributed by atoms with Crippen molar-refractivity contribution in [2.75, 3.05) is 5.32 Å². The number of carbonyl (C=O) groups excluding carboxylic acids is 1. The van der Waals surface area contributed by atoms with Gasteiger partial charge in [0, 0.05) is 0 Å². The molecular formula is C15H12F3NO3. The fraction of sp³-hybridized carbons (Fsp3) is 0.333. The molecule has 0 unspecified atom stereocenters. The third-order valence-corrected chi connectivity index (χ3v) is 4.34. The molecule has 22 heavy (non-hydrogen) atoms. The molecule has 1 amide bonds. The normalized spacial score (nSPS) is 28.9. The van der Waals surface area contributed by atoms with Gasteiger partial charge in [-0.15, -0.1) is 0 Å². The summed E-state index contributed by atoms with van der Waals surface area (Å²) in [6.07, 6.45) is 4.09. The Hall–Kier alpha value is -2.31. The molecule has 1 aromatic rings. The number of carbonyl (C=O) groups is 2. The molecular weight excluding hydrogens is 299 g/mol. The lowest BCUT2D eigenvalue weighted by Crippen LogP contribution is -2.36. The van der Waals surface area contributed by atoms with Crippen molar-refractivity contribution >= 4 is 17.6 Å². The number of nitrogens with one attached hydrogen (secondary N) is 1. The topological polar surface area (TPSA) is 66.4 Å². The highest BCUT2D eigenvalue weighted by Crippen LogP contribution is 2.48. The monoisotopic (exact) mass is 311 g/mol. The van der Waals surface area contributed by atoms with Gasteiger partial charge < -0.3 is 10.4 Å². The second kappa shape index (κ2) is 5.15. The number of allylic oxidation sites excluding steroid dienone is 2.